The minimum absolute atomic E-state index is 0.204. The van der Waals surface area contributed by atoms with Crippen LogP contribution in [0.5, 0.6) is 0 Å². The van der Waals surface area contributed by atoms with Gasteiger partial charge in [-0.05, 0) is 24.4 Å². The summed E-state index contributed by atoms with van der Waals surface area (Å²) in [5.41, 5.74) is 2.07. The molecule has 0 radical (unpaired) electrons. The first kappa shape index (κ1) is 22.1. The Bertz CT molecular complexity index is 1310. The Morgan fingerprint density at radius 2 is 2.12 bits per heavy atom. The molecule has 2 N–H and O–H groups in total. The number of hydrogen-bond donors (Lipinski definition) is 2. The topological polar surface area (TPSA) is 109 Å². The van der Waals surface area contributed by atoms with E-state index in [0.29, 0.717) is 40.5 Å². The van der Waals surface area contributed by atoms with Gasteiger partial charge in [-0.2, -0.15) is 0 Å². The smallest absolute Gasteiger partial charge is 0.182 e. The van der Waals surface area contributed by atoms with E-state index < -0.39 is 10.8 Å². The van der Waals surface area contributed by atoms with Crippen LogP contribution >= 0.6 is 11.6 Å². The van der Waals surface area contributed by atoms with Crippen molar-refractivity contribution in [3.63, 3.8) is 0 Å². The number of imidazole rings is 1. The van der Waals surface area contributed by atoms with Crippen molar-refractivity contribution in [3.05, 3.63) is 47.6 Å². The second-order valence-electron chi connectivity index (χ2n) is 7.88. The molecule has 172 valence electrons. The third-order valence-electron chi connectivity index (χ3n) is 5.73. The van der Waals surface area contributed by atoms with Gasteiger partial charge in [0.2, 0.25) is 0 Å². The number of morpholine rings is 1. The van der Waals surface area contributed by atoms with Gasteiger partial charge in [0.15, 0.2) is 11.5 Å². The number of rotatable bonds is 7. The average molecular weight is 486 g/mol. The minimum Gasteiger partial charge on any atom is -0.379 e. The minimum atomic E-state index is -1.31. The standard InChI is InChI=1S/C22H24ClN7O2S/c1-14(28-21-19-20(25-12-24-19)26-13-27-21)17-11-15-3-2-4-16(23)18(15)22(29-17)33(31)10-7-30-5-8-32-9-6-30/h2-4,11-14H,5-10H2,1H3,(H2,24,25,26,27,28). The van der Waals surface area contributed by atoms with Crippen LogP contribution in [-0.2, 0) is 15.5 Å². The predicted molar refractivity (Wildman–Crippen MR) is 129 cm³/mol. The molecule has 0 spiro atoms. The molecule has 4 heterocycles. The van der Waals surface area contributed by atoms with Crippen molar-refractivity contribution in [1.29, 1.82) is 0 Å². The Morgan fingerprint density at radius 3 is 2.97 bits per heavy atom. The van der Waals surface area contributed by atoms with Crippen LogP contribution in [-0.4, -0.2) is 72.6 Å². The van der Waals surface area contributed by atoms with Crippen LogP contribution < -0.4 is 5.32 Å². The van der Waals surface area contributed by atoms with E-state index in [9.17, 15) is 4.21 Å². The summed E-state index contributed by atoms with van der Waals surface area (Å²) in [5.74, 6) is 1.12. The van der Waals surface area contributed by atoms with E-state index in [2.05, 4.69) is 30.2 Å². The number of hydrogen-bond acceptors (Lipinski definition) is 8. The van der Waals surface area contributed by atoms with Crippen molar-refractivity contribution < 1.29 is 8.95 Å². The fourth-order valence-corrected chi connectivity index (χ4v) is 5.53. The first-order chi connectivity index (χ1) is 16.1. The Kier molecular flexibility index (Phi) is 6.50. The first-order valence-electron chi connectivity index (χ1n) is 10.8. The van der Waals surface area contributed by atoms with Crippen molar-refractivity contribution in [2.45, 2.75) is 18.0 Å². The zero-order valence-electron chi connectivity index (χ0n) is 18.1. The highest BCUT2D eigenvalue weighted by atomic mass is 35.5. The van der Waals surface area contributed by atoms with Crippen LogP contribution in [0.15, 0.2) is 41.9 Å². The molecule has 1 saturated heterocycles. The number of fused-ring (bicyclic) bond motifs is 2. The molecule has 0 bridgehead atoms. The number of nitrogens with one attached hydrogen (secondary N) is 2. The van der Waals surface area contributed by atoms with E-state index in [-0.39, 0.29) is 6.04 Å². The number of H-pyrrole nitrogens is 1. The number of nitrogens with zero attached hydrogens (tertiary/aromatic N) is 5. The molecule has 1 fully saturated rings. The fraction of sp³-hybridized carbons (Fsp3) is 0.364. The predicted octanol–water partition coefficient (Wildman–Crippen LogP) is 3.17. The second kappa shape index (κ2) is 9.68. The van der Waals surface area contributed by atoms with Gasteiger partial charge in [0.05, 0.1) is 47.1 Å². The summed E-state index contributed by atoms with van der Waals surface area (Å²) >= 11 is 6.52. The molecule has 2 unspecified atom stereocenters. The second-order valence-corrected chi connectivity index (χ2v) is 9.78. The highest BCUT2D eigenvalue weighted by Crippen LogP contribution is 2.31. The molecule has 0 amide bonds. The number of anilines is 1. The SMILES string of the molecule is CC(Nc1ncnc2nc[nH]c12)c1cc2cccc(Cl)c2c(S(=O)CCN2CCOCC2)n1. The van der Waals surface area contributed by atoms with E-state index in [4.69, 9.17) is 21.3 Å². The van der Waals surface area contributed by atoms with Crippen LogP contribution in [0.3, 0.4) is 0 Å². The van der Waals surface area contributed by atoms with Gasteiger partial charge in [0.25, 0.3) is 0 Å². The lowest BCUT2D eigenvalue weighted by atomic mass is 10.1. The number of ether oxygens (including phenoxy) is 1. The monoisotopic (exact) mass is 485 g/mol. The van der Waals surface area contributed by atoms with E-state index in [1.54, 1.807) is 6.33 Å². The van der Waals surface area contributed by atoms with Crippen molar-refractivity contribution >= 4 is 50.2 Å². The quantitative estimate of drug-likeness (QED) is 0.411. The van der Waals surface area contributed by atoms with Gasteiger partial charge >= 0.3 is 0 Å². The van der Waals surface area contributed by atoms with Gasteiger partial charge in [-0.15, -0.1) is 0 Å². The van der Waals surface area contributed by atoms with Crippen LogP contribution in [0, 0.1) is 0 Å². The van der Waals surface area contributed by atoms with Crippen molar-refractivity contribution in [1.82, 2.24) is 29.8 Å². The normalized spacial score (nSPS) is 16.8. The Labute approximate surface area is 198 Å². The molecule has 1 aliphatic heterocycles. The van der Waals surface area contributed by atoms with Gasteiger partial charge in [-0.1, -0.05) is 23.7 Å². The third-order valence-corrected chi connectivity index (χ3v) is 7.32. The molecule has 5 rings (SSSR count). The lowest BCUT2D eigenvalue weighted by Crippen LogP contribution is -2.38. The maximum Gasteiger partial charge on any atom is 0.182 e. The van der Waals surface area contributed by atoms with Gasteiger partial charge in [-0.25, -0.2) is 19.9 Å². The van der Waals surface area contributed by atoms with E-state index in [1.807, 2.05) is 31.2 Å². The molecule has 11 heteroatoms. The zero-order valence-corrected chi connectivity index (χ0v) is 19.7. The van der Waals surface area contributed by atoms with Gasteiger partial charge in [0.1, 0.15) is 16.9 Å². The van der Waals surface area contributed by atoms with Gasteiger partial charge < -0.3 is 15.0 Å². The lowest BCUT2D eigenvalue weighted by Gasteiger charge is -2.26. The van der Waals surface area contributed by atoms with Crippen molar-refractivity contribution in [2.24, 2.45) is 0 Å². The van der Waals surface area contributed by atoms with E-state index in [1.165, 1.54) is 6.33 Å². The summed E-state index contributed by atoms with van der Waals surface area (Å²) in [6.45, 7) is 5.85. The summed E-state index contributed by atoms with van der Waals surface area (Å²) in [5, 5.41) is 6.10. The summed E-state index contributed by atoms with van der Waals surface area (Å²) < 4.78 is 18.8. The van der Waals surface area contributed by atoms with E-state index >= 15 is 0 Å². The van der Waals surface area contributed by atoms with Gasteiger partial charge in [-0.3, -0.25) is 9.11 Å². The summed E-state index contributed by atoms with van der Waals surface area (Å²) in [6.07, 6.45) is 3.05. The maximum absolute atomic E-state index is 13.4. The summed E-state index contributed by atoms with van der Waals surface area (Å²) in [4.78, 5) is 22.8. The first-order valence-corrected chi connectivity index (χ1v) is 12.5. The summed E-state index contributed by atoms with van der Waals surface area (Å²) in [6, 6.07) is 7.45. The van der Waals surface area contributed by atoms with Gasteiger partial charge in [0, 0.05) is 30.8 Å². The molecule has 2 atom stereocenters. The maximum atomic E-state index is 13.4. The molecule has 33 heavy (non-hydrogen) atoms. The highest BCUT2D eigenvalue weighted by molar-refractivity contribution is 7.85. The number of pyridine rings is 1. The van der Waals surface area contributed by atoms with Crippen LogP contribution in [0.4, 0.5) is 5.82 Å². The molecular formula is C22H24ClN7O2S. The fourth-order valence-electron chi connectivity index (χ4n) is 3.93. The molecule has 9 nitrogen and oxygen atoms in total. The zero-order chi connectivity index (χ0) is 22.8. The number of aromatic amines is 1. The van der Waals surface area contributed by atoms with E-state index in [0.717, 1.165) is 41.6 Å². The molecule has 0 aliphatic carbocycles. The molecule has 3 aromatic heterocycles. The summed E-state index contributed by atoms with van der Waals surface area (Å²) in [7, 11) is -1.31. The van der Waals surface area contributed by atoms with Crippen molar-refractivity contribution in [2.75, 3.05) is 43.9 Å². The molecule has 0 saturated carbocycles. The molecular weight excluding hydrogens is 462 g/mol. The lowest BCUT2D eigenvalue weighted by molar-refractivity contribution is 0.0409. The Morgan fingerprint density at radius 1 is 1.27 bits per heavy atom. The molecule has 4 aromatic rings. The number of benzene rings is 1. The van der Waals surface area contributed by atoms with Crippen LogP contribution in [0.1, 0.15) is 18.7 Å². The largest absolute Gasteiger partial charge is 0.379 e. The molecule has 1 aliphatic rings. The average Bonchev–Trinajstić information content (AvgIpc) is 3.33. The number of aromatic nitrogens is 5. The third kappa shape index (κ3) is 4.70. The van der Waals surface area contributed by atoms with Crippen LogP contribution in [0.2, 0.25) is 5.02 Å². The molecule has 1 aromatic carbocycles. The highest BCUT2D eigenvalue weighted by Gasteiger charge is 2.20. The van der Waals surface area contributed by atoms with Crippen LogP contribution in [0.25, 0.3) is 21.9 Å². The number of halogens is 1. The van der Waals surface area contributed by atoms with Crippen molar-refractivity contribution in [3.8, 4) is 0 Å². The Balaban J connectivity index is 1.45. The Hall–Kier alpha value is -2.66.